The number of aromatic nitrogens is 5. The van der Waals surface area contributed by atoms with Crippen LogP contribution >= 0.6 is 0 Å². The van der Waals surface area contributed by atoms with Crippen molar-refractivity contribution in [1.29, 1.82) is 0 Å². The smallest absolute Gasteiger partial charge is 0.187 e. The molecule has 0 bridgehead atoms. The number of pyridine rings is 2. The maximum atomic E-state index is 13.4. The average molecular weight is 239 g/mol. The van der Waals surface area contributed by atoms with Crippen molar-refractivity contribution in [2.24, 2.45) is 0 Å². The number of fused-ring (bicyclic) bond motifs is 6. The third kappa shape index (κ3) is 1.09. The number of hydrogen-bond acceptors (Lipinski definition) is 4. The zero-order valence-electron chi connectivity index (χ0n) is 9.08. The molecule has 0 saturated carbocycles. The van der Waals surface area contributed by atoms with Gasteiger partial charge >= 0.3 is 0 Å². The maximum Gasteiger partial charge on any atom is 0.187 e. The Balaban J connectivity index is 2.44. The van der Waals surface area contributed by atoms with Gasteiger partial charge in [0.2, 0.25) is 0 Å². The Morgan fingerprint density at radius 1 is 1.06 bits per heavy atom. The molecule has 1 aromatic carbocycles. The molecular formula is C12H6FN5. The van der Waals surface area contributed by atoms with E-state index in [1.165, 1.54) is 12.1 Å². The SMILES string of the molecule is Fc1ccc2c(c1)c1ccncc1n1nnnc21. The molecular weight excluding hydrogens is 233 g/mol. The summed E-state index contributed by atoms with van der Waals surface area (Å²) in [5.74, 6) is -0.280. The van der Waals surface area contributed by atoms with Gasteiger partial charge in [-0.3, -0.25) is 4.98 Å². The van der Waals surface area contributed by atoms with E-state index in [4.69, 9.17) is 0 Å². The number of rotatable bonds is 0. The van der Waals surface area contributed by atoms with E-state index in [0.717, 1.165) is 21.7 Å². The van der Waals surface area contributed by atoms with Crippen LogP contribution in [0.25, 0.3) is 27.3 Å². The van der Waals surface area contributed by atoms with E-state index in [1.54, 1.807) is 23.0 Å². The predicted molar refractivity (Wildman–Crippen MR) is 63.5 cm³/mol. The minimum Gasteiger partial charge on any atom is -0.262 e. The van der Waals surface area contributed by atoms with Crippen molar-refractivity contribution in [3.8, 4) is 0 Å². The van der Waals surface area contributed by atoms with Crippen LogP contribution in [0.5, 0.6) is 0 Å². The molecule has 0 unspecified atom stereocenters. The van der Waals surface area contributed by atoms with Crippen LogP contribution in [0, 0.1) is 5.82 Å². The van der Waals surface area contributed by atoms with Crippen LogP contribution in [0.4, 0.5) is 4.39 Å². The number of tetrazole rings is 1. The van der Waals surface area contributed by atoms with Crippen molar-refractivity contribution < 1.29 is 4.39 Å². The van der Waals surface area contributed by atoms with Crippen LogP contribution in [0.3, 0.4) is 0 Å². The summed E-state index contributed by atoms with van der Waals surface area (Å²) in [6, 6.07) is 6.42. The Morgan fingerprint density at radius 3 is 2.94 bits per heavy atom. The quantitative estimate of drug-likeness (QED) is 0.440. The topological polar surface area (TPSA) is 56.0 Å². The monoisotopic (exact) mass is 239 g/mol. The fourth-order valence-electron chi connectivity index (χ4n) is 2.23. The first-order chi connectivity index (χ1) is 8.84. The van der Waals surface area contributed by atoms with Gasteiger partial charge in [-0.05, 0) is 40.1 Å². The van der Waals surface area contributed by atoms with Gasteiger partial charge in [-0.25, -0.2) is 4.39 Å². The molecule has 0 spiro atoms. The Labute approximate surface area is 99.9 Å². The summed E-state index contributed by atoms with van der Waals surface area (Å²) in [7, 11) is 0. The van der Waals surface area contributed by atoms with Gasteiger partial charge in [0.25, 0.3) is 0 Å². The Bertz CT molecular complexity index is 899. The second-order valence-corrected chi connectivity index (χ2v) is 4.00. The van der Waals surface area contributed by atoms with Crippen molar-refractivity contribution in [3.63, 3.8) is 0 Å². The minimum atomic E-state index is -0.280. The van der Waals surface area contributed by atoms with Crippen molar-refractivity contribution in [3.05, 3.63) is 42.5 Å². The van der Waals surface area contributed by atoms with Crippen molar-refractivity contribution in [2.75, 3.05) is 0 Å². The summed E-state index contributed by atoms with van der Waals surface area (Å²) in [6.07, 6.45) is 3.34. The summed E-state index contributed by atoms with van der Waals surface area (Å²) < 4.78 is 15.0. The Morgan fingerprint density at radius 2 is 2.00 bits per heavy atom. The Kier molecular flexibility index (Phi) is 1.67. The maximum absolute atomic E-state index is 13.4. The largest absolute Gasteiger partial charge is 0.262 e. The molecule has 4 aromatic rings. The van der Waals surface area contributed by atoms with E-state index in [2.05, 4.69) is 20.5 Å². The first-order valence-corrected chi connectivity index (χ1v) is 5.37. The van der Waals surface area contributed by atoms with Gasteiger partial charge in [0.15, 0.2) is 5.65 Å². The molecule has 0 aliphatic rings. The van der Waals surface area contributed by atoms with Gasteiger partial charge < -0.3 is 0 Å². The second kappa shape index (κ2) is 3.19. The summed E-state index contributed by atoms with van der Waals surface area (Å²) in [6.45, 7) is 0. The molecule has 0 N–H and O–H groups in total. The number of benzene rings is 1. The predicted octanol–water partition coefficient (Wildman–Crippen LogP) is 1.96. The number of hydrogen-bond donors (Lipinski definition) is 0. The highest BCUT2D eigenvalue weighted by molar-refractivity contribution is 6.10. The highest BCUT2D eigenvalue weighted by Crippen LogP contribution is 2.27. The zero-order chi connectivity index (χ0) is 12.1. The summed E-state index contributed by atoms with van der Waals surface area (Å²) in [4.78, 5) is 4.06. The highest BCUT2D eigenvalue weighted by atomic mass is 19.1. The molecule has 18 heavy (non-hydrogen) atoms. The fraction of sp³-hybridized carbons (Fsp3) is 0. The standard InChI is InChI=1S/C12H6FN5/c13-7-1-2-9-10(5-7)8-3-4-14-6-11(8)18-12(9)15-16-17-18/h1-6H. The lowest BCUT2D eigenvalue weighted by atomic mass is 10.1. The summed E-state index contributed by atoms with van der Waals surface area (Å²) in [5, 5.41) is 14.1. The van der Waals surface area contributed by atoms with E-state index in [-0.39, 0.29) is 5.82 Å². The van der Waals surface area contributed by atoms with Gasteiger partial charge in [0.05, 0.1) is 11.7 Å². The molecule has 3 heterocycles. The van der Waals surface area contributed by atoms with Gasteiger partial charge in [0, 0.05) is 17.0 Å². The van der Waals surface area contributed by atoms with E-state index in [1.807, 2.05) is 6.07 Å². The van der Waals surface area contributed by atoms with Crippen molar-refractivity contribution in [2.45, 2.75) is 0 Å². The molecule has 0 aliphatic carbocycles. The molecule has 0 fully saturated rings. The van der Waals surface area contributed by atoms with Crippen molar-refractivity contribution >= 4 is 27.3 Å². The van der Waals surface area contributed by atoms with E-state index < -0.39 is 0 Å². The van der Waals surface area contributed by atoms with Gasteiger partial charge in [-0.15, -0.1) is 5.10 Å². The zero-order valence-corrected chi connectivity index (χ0v) is 9.08. The molecule has 6 heteroatoms. The van der Waals surface area contributed by atoms with Gasteiger partial charge in [-0.2, -0.15) is 4.52 Å². The lowest BCUT2D eigenvalue weighted by Gasteiger charge is -2.05. The average Bonchev–Trinajstić information content (AvgIpc) is 2.88. The molecule has 0 amide bonds. The number of nitrogens with zero attached hydrogens (tertiary/aromatic N) is 5. The van der Waals surface area contributed by atoms with Crippen LogP contribution in [0.2, 0.25) is 0 Å². The van der Waals surface area contributed by atoms with Crippen LogP contribution in [-0.4, -0.2) is 25.0 Å². The van der Waals surface area contributed by atoms with E-state index >= 15 is 0 Å². The normalized spacial score (nSPS) is 11.6. The first kappa shape index (κ1) is 9.41. The van der Waals surface area contributed by atoms with E-state index in [9.17, 15) is 4.39 Å². The highest BCUT2D eigenvalue weighted by Gasteiger charge is 2.11. The van der Waals surface area contributed by atoms with E-state index in [0.29, 0.717) is 5.65 Å². The minimum absolute atomic E-state index is 0.280. The molecule has 0 aliphatic heterocycles. The van der Waals surface area contributed by atoms with Gasteiger partial charge in [-0.1, -0.05) is 0 Å². The molecule has 0 saturated heterocycles. The second-order valence-electron chi connectivity index (χ2n) is 4.00. The molecule has 5 nitrogen and oxygen atoms in total. The molecule has 0 radical (unpaired) electrons. The Hall–Kier alpha value is -2.63. The van der Waals surface area contributed by atoms with Crippen LogP contribution < -0.4 is 0 Å². The number of halogens is 1. The molecule has 0 atom stereocenters. The molecule has 3 aromatic heterocycles. The summed E-state index contributed by atoms with van der Waals surface area (Å²) in [5.41, 5.74) is 1.36. The van der Waals surface area contributed by atoms with Crippen molar-refractivity contribution in [1.82, 2.24) is 25.0 Å². The third-order valence-electron chi connectivity index (χ3n) is 3.01. The van der Waals surface area contributed by atoms with Gasteiger partial charge in [0.1, 0.15) is 5.82 Å². The lowest BCUT2D eigenvalue weighted by molar-refractivity contribution is 0.630. The van der Waals surface area contributed by atoms with Crippen LogP contribution in [0.1, 0.15) is 0 Å². The van der Waals surface area contributed by atoms with Crippen LogP contribution in [0.15, 0.2) is 36.7 Å². The molecule has 4 rings (SSSR count). The fourth-order valence-corrected chi connectivity index (χ4v) is 2.23. The molecule has 86 valence electrons. The van der Waals surface area contributed by atoms with Crippen LogP contribution in [-0.2, 0) is 0 Å². The first-order valence-electron chi connectivity index (χ1n) is 5.37. The lowest BCUT2D eigenvalue weighted by Crippen LogP contribution is -1.94. The third-order valence-corrected chi connectivity index (χ3v) is 3.01. The summed E-state index contributed by atoms with van der Waals surface area (Å²) >= 11 is 0.